The van der Waals surface area contributed by atoms with Crippen molar-refractivity contribution in [2.24, 2.45) is 7.05 Å². The van der Waals surface area contributed by atoms with Gasteiger partial charge in [-0.1, -0.05) is 13.8 Å². The largest absolute Gasteiger partial charge is 0.338 e. The van der Waals surface area contributed by atoms with E-state index in [2.05, 4.69) is 28.7 Å². The van der Waals surface area contributed by atoms with Crippen molar-refractivity contribution in [1.82, 2.24) is 14.9 Å². The molecule has 1 heterocycles. The lowest BCUT2D eigenvalue weighted by Gasteiger charge is -2.23. The quantitative estimate of drug-likeness (QED) is 0.759. The van der Waals surface area contributed by atoms with Crippen LogP contribution in [-0.2, 0) is 12.5 Å². The minimum absolute atomic E-state index is 0.154. The van der Waals surface area contributed by atoms with Gasteiger partial charge < -0.3 is 9.88 Å². The van der Waals surface area contributed by atoms with Gasteiger partial charge in [0.15, 0.2) is 0 Å². The molecule has 0 aliphatic rings. The van der Waals surface area contributed by atoms with E-state index in [1.54, 1.807) is 0 Å². The molecule has 0 atom stereocenters. The minimum Gasteiger partial charge on any atom is -0.338 e. The highest BCUT2D eigenvalue weighted by molar-refractivity contribution is 5.06. The number of aryl methyl sites for hydroxylation is 1. The van der Waals surface area contributed by atoms with Crippen LogP contribution in [0.1, 0.15) is 26.1 Å². The Labute approximate surface area is 80.2 Å². The number of hydrogen-bond acceptors (Lipinski definition) is 2. The van der Waals surface area contributed by atoms with Gasteiger partial charge in [0.25, 0.3) is 0 Å². The molecule has 0 radical (unpaired) electrons. The first-order valence-electron chi connectivity index (χ1n) is 4.70. The number of aromatic nitrogens is 2. The van der Waals surface area contributed by atoms with Gasteiger partial charge in [0.1, 0.15) is 5.82 Å². The van der Waals surface area contributed by atoms with Crippen molar-refractivity contribution in [1.29, 1.82) is 0 Å². The van der Waals surface area contributed by atoms with Crippen LogP contribution in [0, 0.1) is 0 Å². The summed E-state index contributed by atoms with van der Waals surface area (Å²) in [5.41, 5.74) is 0.154. The van der Waals surface area contributed by atoms with Crippen LogP contribution < -0.4 is 5.32 Å². The molecule has 1 rings (SSSR count). The fourth-order valence-corrected chi connectivity index (χ4v) is 1.57. The smallest absolute Gasteiger partial charge is 0.114 e. The molecule has 74 valence electrons. The van der Waals surface area contributed by atoms with Crippen molar-refractivity contribution in [2.45, 2.75) is 25.7 Å². The maximum absolute atomic E-state index is 4.38. The van der Waals surface area contributed by atoms with E-state index in [1.807, 2.05) is 26.5 Å². The average molecular weight is 181 g/mol. The van der Waals surface area contributed by atoms with E-state index in [0.29, 0.717) is 0 Å². The first kappa shape index (κ1) is 10.3. The van der Waals surface area contributed by atoms with Crippen molar-refractivity contribution in [3.63, 3.8) is 0 Å². The Hall–Kier alpha value is -0.830. The number of nitrogens with one attached hydrogen (secondary N) is 1. The molecule has 0 saturated carbocycles. The second-order valence-electron chi connectivity index (χ2n) is 4.10. The molecule has 13 heavy (non-hydrogen) atoms. The molecular formula is C10H19N3. The second kappa shape index (κ2) is 3.92. The monoisotopic (exact) mass is 181 g/mol. The minimum atomic E-state index is 0.154. The highest BCUT2D eigenvalue weighted by Gasteiger charge is 2.23. The maximum Gasteiger partial charge on any atom is 0.114 e. The predicted octanol–water partition coefficient (Wildman–Crippen LogP) is 1.31. The van der Waals surface area contributed by atoms with E-state index in [9.17, 15) is 0 Å². The summed E-state index contributed by atoms with van der Waals surface area (Å²) in [6.45, 7) is 5.49. The Balaban J connectivity index is 2.74. The van der Waals surface area contributed by atoms with Crippen LogP contribution in [0.4, 0.5) is 0 Å². The lowest BCUT2D eigenvalue weighted by Crippen LogP contribution is -2.26. The van der Waals surface area contributed by atoms with Gasteiger partial charge >= 0.3 is 0 Å². The Morgan fingerprint density at radius 2 is 2.23 bits per heavy atom. The summed E-state index contributed by atoms with van der Waals surface area (Å²) < 4.78 is 2.09. The second-order valence-corrected chi connectivity index (χ2v) is 4.10. The standard InChI is InChI=1S/C10H19N3/c1-10(2,5-6-11-3)9-12-7-8-13(9)4/h7-8,11H,5-6H2,1-4H3. The Morgan fingerprint density at radius 1 is 1.54 bits per heavy atom. The predicted molar refractivity (Wildman–Crippen MR) is 54.8 cm³/mol. The fourth-order valence-electron chi connectivity index (χ4n) is 1.57. The van der Waals surface area contributed by atoms with Gasteiger partial charge in [-0.15, -0.1) is 0 Å². The van der Waals surface area contributed by atoms with Gasteiger partial charge in [-0.05, 0) is 20.0 Å². The highest BCUT2D eigenvalue weighted by Crippen LogP contribution is 2.24. The molecule has 0 aromatic carbocycles. The molecule has 1 aromatic heterocycles. The number of nitrogens with zero attached hydrogens (tertiary/aromatic N) is 2. The van der Waals surface area contributed by atoms with Crippen LogP contribution in [-0.4, -0.2) is 23.1 Å². The van der Waals surface area contributed by atoms with Gasteiger partial charge in [-0.25, -0.2) is 4.98 Å². The van der Waals surface area contributed by atoms with Gasteiger partial charge in [0, 0.05) is 24.9 Å². The Morgan fingerprint density at radius 3 is 2.69 bits per heavy atom. The summed E-state index contributed by atoms with van der Waals surface area (Å²) in [5, 5.41) is 3.17. The van der Waals surface area contributed by atoms with E-state index < -0.39 is 0 Å². The molecule has 0 saturated heterocycles. The third-order valence-electron chi connectivity index (χ3n) is 2.43. The van der Waals surface area contributed by atoms with E-state index in [1.165, 1.54) is 0 Å². The van der Waals surface area contributed by atoms with Gasteiger partial charge in [-0.3, -0.25) is 0 Å². The highest BCUT2D eigenvalue weighted by atomic mass is 15.0. The third kappa shape index (κ3) is 2.31. The number of hydrogen-bond donors (Lipinski definition) is 1. The van der Waals surface area contributed by atoms with Gasteiger partial charge in [0.05, 0.1) is 0 Å². The van der Waals surface area contributed by atoms with Gasteiger partial charge in [-0.2, -0.15) is 0 Å². The molecule has 1 aromatic rings. The van der Waals surface area contributed by atoms with Crippen LogP contribution in [0.5, 0.6) is 0 Å². The van der Waals surface area contributed by atoms with Crippen molar-refractivity contribution in [2.75, 3.05) is 13.6 Å². The molecule has 0 aliphatic carbocycles. The Bertz CT molecular complexity index is 263. The maximum atomic E-state index is 4.38. The molecule has 0 unspecified atom stereocenters. The molecule has 0 spiro atoms. The zero-order valence-electron chi connectivity index (χ0n) is 8.96. The van der Waals surface area contributed by atoms with Gasteiger partial charge in [0.2, 0.25) is 0 Å². The summed E-state index contributed by atoms with van der Waals surface area (Å²) in [6.07, 6.45) is 4.96. The van der Waals surface area contributed by atoms with Crippen molar-refractivity contribution >= 4 is 0 Å². The molecule has 0 fully saturated rings. The van der Waals surface area contributed by atoms with Crippen molar-refractivity contribution in [3.8, 4) is 0 Å². The molecule has 1 N–H and O–H groups in total. The van der Waals surface area contributed by atoms with E-state index >= 15 is 0 Å². The summed E-state index contributed by atoms with van der Waals surface area (Å²) in [7, 11) is 4.03. The van der Waals surface area contributed by atoms with Crippen LogP contribution in [0.25, 0.3) is 0 Å². The average Bonchev–Trinajstić information content (AvgIpc) is 2.48. The van der Waals surface area contributed by atoms with Crippen LogP contribution >= 0.6 is 0 Å². The van der Waals surface area contributed by atoms with Crippen LogP contribution in [0.15, 0.2) is 12.4 Å². The number of rotatable bonds is 4. The molecular weight excluding hydrogens is 162 g/mol. The first-order chi connectivity index (χ1) is 6.08. The van der Waals surface area contributed by atoms with E-state index in [4.69, 9.17) is 0 Å². The van der Waals surface area contributed by atoms with E-state index in [-0.39, 0.29) is 5.41 Å². The SMILES string of the molecule is CNCCC(C)(C)c1nccn1C. The molecule has 0 amide bonds. The fraction of sp³-hybridized carbons (Fsp3) is 0.700. The van der Waals surface area contributed by atoms with Crippen LogP contribution in [0.3, 0.4) is 0 Å². The summed E-state index contributed by atoms with van der Waals surface area (Å²) in [6, 6.07) is 0. The molecule has 3 heteroatoms. The zero-order valence-corrected chi connectivity index (χ0v) is 8.96. The van der Waals surface area contributed by atoms with Crippen molar-refractivity contribution in [3.05, 3.63) is 18.2 Å². The lowest BCUT2D eigenvalue weighted by molar-refractivity contribution is 0.429. The third-order valence-corrected chi connectivity index (χ3v) is 2.43. The molecule has 3 nitrogen and oxygen atoms in total. The lowest BCUT2D eigenvalue weighted by atomic mass is 9.88. The zero-order chi connectivity index (χ0) is 9.90. The van der Waals surface area contributed by atoms with Crippen LogP contribution in [0.2, 0.25) is 0 Å². The molecule has 0 aliphatic heterocycles. The summed E-state index contributed by atoms with van der Waals surface area (Å²) in [4.78, 5) is 4.38. The van der Waals surface area contributed by atoms with Crippen molar-refractivity contribution < 1.29 is 0 Å². The summed E-state index contributed by atoms with van der Waals surface area (Å²) >= 11 is 0. The normalized spacial score (nSPS) is 12.0. The number of imidazole rings is 1. The first-order valence-corrected chi connectivity index (χ1v) is 4.70. The van der Waals surface area contributed by atoms with E-state index in [0.717, 1.165) is 18.8 Å². The molecule has 0 bridgehead atoms. The Kier molecular flexibility index (Phi) is 3.09. The topological polar surface area (TPSA) is 29.9 Å². The summed E-state index contributed by atoms with van der Waals surface area (Å²) in [5.74, 6) is 1.16.